The van der Waals surface area contributed by atoms with Crippen molar-refractivity contribution in [1.29, 1.82) is 0 Å². The summed E-state index contributed by atoms with van der Waals surface area (Å²) in [5.41, 5.74) is 5.83. The van der Waals surface area contributed by atoms with E-state index in [9.17, 15) is 0 Å². The third-order valence-electron chi connectivity index (χ3n) is 2.57. The lowest BCUT2D eigenvalue weighted by Gasteiger charge is -2.28. The molecule has 0 spiro atoms. The molecule has 80 valence electrons. The van der Waals surface area contributed by atoms with E-state index in [0.29, 0.717) is 12.0 Å². The van der Waals surface area contributed by atoms with Gasteiger partial charge in [0.2, 0.25) is 0 Å². The minimum Gasteiger partial charge on any atom is -0.328 e. The summed E-state index contributed by atoms with van der Waals surface area (Å²) in [6, 6.07) is 0.426. The van der Waals surface area contributed by atoms with Gasteiger partial charge in [-0.15, -0.1) is 5.92 Å². The second-order valence-electron chi connectivity index (χ2n) is 4.57. The Morgan fingerprint density at radius 3 is 2.50 bits per heavy atom. The molecule has 0 aromatic carbocycles. The Labute approximate surface area is 87.8 Å². The average Bonchev–Trinajstić information content (AvgIpc) is 2.15. The summed E-state index contributed by atoms with van der Waals surface area (Å²) >= 11 is 0. The molecule has 1 aliphatic rings. The lowest BCUT2D eigenvalue weighted by atomic mass is 10.1. The van der Waals surface area contributed by atoms with Crippen LogP contribution in [0.25, 0.3) is 0 Å². The SMILES string of the molecule is CC(C)CC#CCN1CCC(N)CC1. The molecule has 0 amide bonds. The number of likely N-dealkylation sites (tertiary alicyclic amines) is 1. The quantitative estimate of drug-likeness (QED) is 0.674. The van der Waals surface area contributed by atoms with E-state index in [2.05, 4.69) is 30.6 Å². The van der Waals surface area contributed by atoms with Gasteiger partial charge in [-0.3, -0.25) is 4.90 Å². The van der Waals surface area contributed by atoms with E-state index in [-0.39, 0.29) is 0 Å². The van der Waals surface area contributed by atoms with Gasteiger partial charge in [0.05, 0.1) is 6.54 Å². The van der Waals surface area contributed by atoms with E-state index >= 15 is 0 Å². The Hall–Kier alpha value is -0.520. The molecular formula is C12H22N2. The van der Waals surface area contributed by atoms with Crippen LogP contribution in [0.3, 0.4) is 0 Å². The highest BCUT2D eigenvalue weighted by atomic mass is 15.1. The van der Waals surface area contributed by atoms with E-state index in [1.165, 1.54) is 0 Å². The van der Waals surface area contributed by atoms with Crippen molar-refractivity contribution in [3.8, 4) is 11.8 Å². The molecule has 1 aliphatic heterocycles. The molecule has 1 saturated heterocycles. The minimum absolute atomic E-state index is 0.426. The van der Waals surface area contributed by atoms with Crippen molar-refractivity contribution in [2.45, 2.75) is 39.2 Å². The molecule has 14 heavy (non-hydrogen) atoms. The highest BCUT2D eigenvalue weighted by Gasteiger charge is 2.14. The van der Waals surface area contributed by atoms with Crippen LogP contribution in [0.2, 0.25) is 0 Å². The molecule has 1 fully saturated rings. The van der Waals surface area contributed by atoms with Gasteiger partial charge < -0.3 is 5.73 Å². The molecule has 1 rings (SSSR count). The van der Waals surface area contributed by atoms with Crippen LogP contribution in [0.4, 0.5) is 0 Å². The molecule has 0 aromatic rings. The molecule has 0 atom stereocenters. The highest BCUT2D eigenvalue weighted by molar-refractivity contribution is 5.02. The standard InChI is InChI=1S/C12H22N2/c1-11(2)5-3-4-8-14-9-6-12(13)7-10-14/h11-12H,5-10,13H2,1-2H3. The van der Waals surface area contributed by atoms with Crippen molar-refractivity contribution in [3.05, 3.63) is 0 Å². The molecule has 0 aliphatic carbocycles. The zero-order chi connectivity index (χ0) is 10.4. The first-order valence-corrected chi connectivity index (χ1v) is 5.62. The van der Waals surface area contributed by atoms with E-state index in [1.54, 1.807) is 0 Å². The van der Waals surface area contributed by atoms with Crippen molar-refractivity contribution < 1.29 is 0 Å². The normalized spacial score (nSPS) is 19.4. The predicted octanol–water partition coefficient (Wildman–Crippen LogP) is 1.46. The van der Waals surface area contributed by atoms with Gasteiger partial charge in [0, 0.05) is 25.6 Å². The van der Waals surface area contributed by atoms with Gasteiger partial charge in [0.1, 0.15) is 0 Å². The van der Waals surface area contributed by atoms with E-state index in [1.807, 2.05) is 0 Å². The summed E-state index contributed by atoms with van der Waals surface area (Å²) in [6.45, 7) is 7.58. The fourth-order valence-electron chi connectivity index (χ4n) is 1.56. The zero-order valence-corrected chi connectivity index (χ0v) is 9.42. The molecule has 2 nitrogen and oxygen atoms in total. The molecule has 0 unspecified atom stereocenters. The molecule has 2 N–H and O–H groups in total. The second kappa shape index (κ2) is 6.06. The molecule has 0 radical (unpaired) electrons. The lowest BCUT2D eigenvalue weighted by molar-refractivity contribution is 0.236. The highest BCUT2D eigenvalue weighted by Crippen LogP contribution is 2.06. The first kappa shape index (κ1) is 11.6. The Bertz CT molecular complexity index is 204. The molecule has 0 aromatic heterocycles. The zero-order valence-electron chi connectivity index (χ0n) is 9.42. The van der Waals surface area contributed by atoms with Gasteiger partial charge >= 0.3 is 0 Å². The Morgan fingerprint density at radius 1 is 1.29 bits per heavy atom. The smallest absolute Gasteiger partial charge is 0.0601 e. The maximum Gasteiger partial charge on any atom is 0.0601 e. The molecule has 0 bridgehead atoms. The summed E-state index contributed by atoms with van der Waals surface area (Å²) in [7, 11) is 0. The second-order valence-corrected chi connectivity index (χ2v) is 4.57. The predicted molar refractivity (Wildman–Crippen MR) is 60.9 cm³/mol. The number of nitrogens with zero attached hydrogens (tertiary/aromatic N) is 1. The molecule has 0 saturated carbocycles. The first-order valence-electron chi connectivity index (χ1n) is 5.62. The van der Waals surface area contributed by atoms with Crippen LogP contribution >= 0.6 is 0 Å². The molecule has 1 heterocycles. The molecular weight excluding hydrogens is 172 g/mol. The van der Waals surface area contributed by atoms with E-state index in [4.69, 9.17) is 5.73 Å². The topological polar surface area (TPSA) is 29.3 Å². The van der Waals surface area contributed by atoms with Gasteiger partial charge in [-0.1, -0.05) is 19.8 Å². The van der Waals surface area contributed by atoms with Crippen molar-refractivity contribution in [2.24, 2.45) is 11.7 Å². The van der Waals surface area contributed by atoms with Crippen LogP contribution in [0, 0.1) is 17.8 Å². The van der Waals surface area contributed by atoms with E-state index < -0.39 is 0 Å². The third kappa shape index (κ3) is 4.64. The van der Waals surface area contributed by atoms with E-state index in [0.717, 1.165) is 38.9 Å². The molecule has 2 heteroatoms. The van der Waals surface area contributed by atoms with Gasteiger partial charge in [-0.05, 0) is 18.8 Å². The first-order chi connectivity index (χ1) is 6.68. The number of rotatable bonds is 2. The Morgan fingerprint density at radius 2 is 1.93 bits per heavy atom. The van der Waals surface area contributed by atoms with Crippen molar-refractivity contribution in [3.63, 3.8) is 0 Å². The van der Waals surface area contributed by atoms with Crippen LogP contribution in [0.15, 0.2) is 0 Å². The fourth-order valence-corrected chi connectivity index (χ4v) is 1.56. The van der Waals surface area contributed by atoms with Crippen molar-refractivity contribution in [1.82, 2.24) is 4.90 Å². The van der Waals surface area contributed by atoms with Gasteiger partial charge in [-0.2, -0.15) is 0 Å². The average molecular weight is 194 g/mol. The number of hydrogen-bond acceptors (Lipinski definition) is 2. The van der Waals surface area contributed by atoms with Crippen molar-refractivity contribution in [2.75, 3.05) is 19.6 Å². The minimum atomic E-state index is 0.426. The Kier molecular flexibility index (Phi) is 5.00. The maximum atomic E-state index is 5.83. The fraction of sp³-hybridized carbons (Fsp3) is 0.833. The maximum absolute atomic E-state index is 5.83. The number of nitrogens with two attached hydrogens (primary N) is 1. The van der Waals surface area contributed by atoms with Gasteiger partial charge in [-0.25, -0.2) is 0 Å². The summed E-state index contributed by atoms with van der Waals surface area (Å²) in [6.07, 6.45) is 3.28. The monoisotopic (exact) mass is 194 g/mol. The van der Waals surface area contributed by atoms with Gasteiger partial charge in [0.25, 0.3) is 0 Å². The third-order valence-corrected chi connectivity index (χ3v) is 2.57. The Balaban J connectivity index is 2.14. The van der Waals surface area contributed by atoms with Crippen LogP contribution in [-0.2, 0) is 0 Å². The summed E-state index contributed by atoms with van der Waals surface area (Å²) in [4.78, 5) is 2.40. The summed E-state index contributed by atoms with van der Waals surface area (Å²) < 4.78 is 0. The summed E-state index contributed by atoms with van der Waals surface area (Å²) in [5, 5.41) is 0. The van der Waals surface area contributed by atoms with Crippen LogP contribution in [0.1, 0.15) is 33.1 Å². The van der Waals surface area contributed by atoms with Crippen LogP contribution < -0.4 is 5.73 Å². The largest absolute Gasteiger partial charge is 0.328 e. The van der Waals surface area contributed by atoms with Crippen LogP contribution in [0.5, 0.6) is 0 Å². The van der Waals surface area contributed by atoms with Crippen LogP contribution in [-0.4, -0.2) is 30.6 Å². The van der Waals surface area contributed by atoms with Gasteiger partial charge in [0.15, 0.2) is 0 Å². The number of piperidine rings is 1. The lowest BCUT2D eigenvalue weighted by Crippen LogP contribution is -2.39. The summed E-state index contributed by atoms with van der Waals surface area (Å²) in [5.74, 6) is 7.15. The van der Waals surface area contributed by atoms with Crippen molar-refractivity contribution >= 4 is 0 Å². The number of hydrogen-bond donors (Lipinski definition) is 1.